The molecule has 0 saturated heterocycles. The summed E-state index contributed by atoms with van der Waals surface area (Å²) in [6.45, 7) is 6.36. The van der Waals surface area contributed by atoms with Gasteiger partial charge in [0.25, 0.3) is 5.69 Å². The number of ether oxygens (including phenoxy) is 1. The maximum Gasteiger partial charge on any atom is 0.292 e. The first-order valence-electron chi connectivity index (χ1n) is 8.49. The quantitative estimate of drug-likeness (QED) is 0.415. The number of carbonyl (C=O) groups is 1. The van der Waals surface area contributed by atoms with Crippen molar-refractivity contribution in [3.8, 4) is 5.75 Å². The number of hydrogen-bond donors (Lipinski definition) is 1. The fraction of sp³-hybridized carbons (Fsp3) is 0.250. The number of amides is 1. The van der Waals surface area contributed by atoms with Gasteiger partial charge in [0.1, 0.15) is 18.0 Å². The summed E-state index contributed by atoms with van der Waals surface area (Å²) in [5.41, 5.74) is 1.08. The molecular weight excluding hydrogens is 346 g/mol. The highest BCUT2D eigenvalue weighted by Crippen LogP contribution is 2.23. The molecule has 1 atom stereocenters. The van der Waals surface area contributed by atoms with Crippen LogP contribution in [-0.2, 0) is 11.3 Å². The number of anilines is 1. The van der Waals surface area contributed by atoms with E-state index in [9.17, 15) is 14.9 Å². The first-order valence-corrected chi connectivity index (χ1v) is 8.49. The lowest BCUT2D eigenvalue weighted by Gasteiger charge is -2.24. The number of nitrogens with zero attached hydrogens (tertiary/aromatic N) is 2. The maximum atomic E-state index is 12.5. The summed E-state index contributed by atoms with van der Waals surface area (Å²) < 4.78 is 5.45. The SMILES string of the molecule is C=CCOc1ccc(CN(C)[C@@H](C)C(=O)Nc2ccccc2[N+](=O)[O-])cc1. The molecule has 0 aromatic heterocycles. The van der Waals surface area contributed by atoms with Gasteiger partial charge < -0.3 is 10.1 Å². The monoisotopic (exact) mass is 369 g/mol. The second-order valence-corrected chi connectivity index (χ2v) is 6.10. The normalized spacial score (nSPS) is 11.7. The van der Waals surface area contributed by atoms with E-state index in [1.54, 1.807) is 25.1 Å². The number of hydrogen-bond acceptors (Lipinski definition) is 5. The number of rotatable bonds is 9. The molecule has 27 heavy (non-hydrogen) atoms. The van der Waals surface area contributed by atoms with Crippen molar-refractivity contribution in [2.45, 2.75) is 19.5 Å². The minimum atomic E-state index is -0.514. The number of nitro groups is 1. The zero-order chi connectivity index (χ0) is 19.8. The molecule has 0 saturated carbocycles. The van der Waals surface area contributed by atoms with Gasteiger partial charge in [-0.05, 0) is 37.7 Å². The van der Waals surface area contributed by atoms with Crippen LogP contribution in [0.25, 0.3) is 0 Å². The van der Waals surface area contributed by atoms with Crippen LogP contribution in [0.2, 0.25) is 0 Å². The minimum Gasteiger partial charge on any atom is -0.490 e. The molecule has 0 radical (unpaired) electrons. The van der Waals surface area contributed by atoms with Crippen molar-refractivity contribution in [3.63, 3.8) is 0 Å². The summed E-state index contributed by atoms with van der Waals surface area (Å²) in [6.07, 6.45) is 1.68. The van der Waals surface area contributed by atoms with Crippen LogP contribution in [0.1, 0.15) is 12.5 Å². The van der Waals surface area contributed by atoms with Gasteiger partial charge in [0.15, 0.2) is 0 Å². The molecule has 1 N–H and O–H groups in total. The van der Waals surface area contributed by atoms with E-state index in [0.717, 1.165) is 11.3 Å². The highest BCUT2D eigenvalue weighted by atomic mass is 16.6. The maximum absolute atomic E-state index is 12.5. The number of carbonyl (C=O) groups excluding carboxylic acids is 1. The molecule has 7 nitrogen and oxygen atoms in total. The van der Waals surface area contributed by atoms with E-state index in [4.69, 9.17) is 4.74 Å². The van der Waals surface area contributed by atoms with E-state index >= 15 is 0 Å². The average Bonchev–Trinajstić information content (AvgIpc) is 2.67. The van der Waals surface area contributed by atoms with Crippen LogP contribution >= 0.6 is 0 Å². The molecule has 0 spiro atoms. The molecule has 0 aliphatic heterocycles. The lowest BCUT2D eigenvalue weighted by Crippen LogP contribution is -2.39. The van der Waals surface area contributed by atoms with E-state index in [1.165, 1.54) is 12.1 Å². The Morgan fingerprint density at radius 1 is 1.30 bits per heavy atom. The summed E-state index contributed by atoms with van der Waals surface area (Å²) in [5.74, 6) is 0.446. The largest absolute Gasteiger partial charge is 0.490 e. The Balaban J connectivity index is 1.98. The summed E-state index contributed by atoms with van der Waals surface area (Å²) in [6, 6.07) is 13.2. The summed E-state index contributed by atoms with van der Waals surface area (Å²) in [5, 5.41) is 13.7. The number of nitro benzene ring substituents is 1. The Hall–Kier alpha value is -3.19. The summed E-state index contributed by atoms with van der Waals surface area (Å²) in [4.78, 5) is 24.9. The zero-order valence-corrected chi connectivity index (χ0v) is 15.4. The highest BCUT2D eigenvalue weighted by Gasteiger charge is 2.21. The van der Waals surface area contributed by atoms with Crippen LogP contribution in [0.3, 0.4) is 0 Å². The lowest BCUT2D eigenvalue weighted by atomic mass is 10.1. The third-order valence-corrected chi connectivity index (χ3v) is 4.12. The standard InChI is InChI=1S/C20H23N3O4/c1-4-13-27-17-11-9-16(10-12-17)14-22(3)15(2)20(24)21-18-7-5-6-8-19(18)23(25)26/h4-12,15H,1,13-14H2,2-3H3,(H,21,24)/t15-/m0/s1. The fourth-order valence-electron chi connectivity index (χ4n) is 2.45. The van der Waals surface area contributed by atoms with Gasteiger partial charge in [-0.3, -0.25) is 19.8 Å². The van der Waals surface area contributed by atoms with Crippen molar-refractivity contribution in [2.75, 3.05) is 19.0 Å². The molecule has 142 valence electrons. The molecule has 0 heterocycles. The van der Waals surface area contributed by atoms with Gasteiger partial charge in [-0.25, -0.2) is 0 Å². The van der Waals surface area contributed by atoms with Crippen molar-refractivity contribution in [3.05, 3.63) is 76.9 Å². The molecule has 2 aromatic rings. The van der Waals surface area contributed by atoms with Gasteiger partial charge in [0, 0.05) is 12.6 Å². The molecule has 2 rings (SSSR count). The van der Waals surface area contributed by atoms with Crippen molar-refractivity contribution in [1.82, 2.24) is 4.90 Å². The topological polar surface area (TPSA) is 84.7 Å². The molecule has 0 bridgehead atoms. The van der Waals surface area contributed by atoms with E-state index in [1.807, 2.05) is 36.2 Å². The Bertz CT molecular complexity index is 805. The van der Waals surface area contributed by atoms with Gasteiger partial charge in [0.05, 0.1) is 11.0 Å². The van der Waals surface area contributed by atoms with Gasteiger partial charge >= 0.3 is 0 Å². The molecule has 1 amide bonds. The summed E-state index contributed by atoms with van der Waals surface area (Å²) >= 11 is 0. The van der Waals surface area contributed by atoms with Crippen molar-refractivity contribution >= 4 is 17.3 Å². The van der Waals surface area contributed by atoms with Crippen LogP contribution in [0.4, 0.5) is 11.4 Å². The first kappa shape index (κ1) is 20.1. The van der Waals surface area contributed by atoms with Crippen molar-refractivity contribution in [2.24, 2.45) is 0 Å². The van der Waals surface area contributed by atoms with Crippen molar-refractivity contribution in [1.29, 1.82) is 0 Å². The van der Waals surface area contributed by atoms with E-state index in [0.29, 0.717) is 13.2 Å². The first-order chi connectivity index (χ1) is 12.9. The molecule has 0 fully saturated rings. The van der Waals surface area contributed by atoms with E-state index in [-0.39, 0.29) is 17.3 Å². The summed E-state index contributed by atoms with van der Waals surface area (Å²) in [7, 11) is 1.83. The average molecular weight is 369 g/mol. The van der Waals surface area contributed by atoms with Gasteiger partial charge in [-0.2, -0.15) is 0 Å². The van der Waals surface area contributed by atoms with Crippen LogP contribution in [-0.4, -0.2) is 35.4 Å². The molecule has 0 aliphatic rings. The predicted octanol–water partition coefficient (Wildman–Crippen LogP) is 3.62. The van der Waals surface area contributed by atoms with Crippen LogP contribution in [0.5, 0.6) is 5.75 Å². The van der Waals surface area contributed by atoms with E-state index in [2.05, 4.69) is 11.9 Å². The number of benzene rings is 2. The van der Waals surface area contributed by atoms with Crippen LogP contribution in [0, 0.1) is 10.1 Å². The Morgan fingerprint density at radius 3 is 2.59 bits per heavy atom. The number of para-hydroxylation sites is 2. The van der Waals surface area contributed by atoms with Gasteiger partial charge in [-0.1, -0.05) is 36.9 Å². The minimum absolute atomic E-state index is 0.129. The number of nitrogens with one attached hydrogen (secondary N) is 1. The second-order valence-electron chi connectivity index (χ2n) is 6.10. The zero-order valence-electron chi connectivity index (χ0n) is 15.4. The van der Waals surface area contributed by atoms with Gasteiger partial charge in [-0.15, -0.1) is 0 Å². The molecule has 2 aromatic carbocycles. The third-order valence-electron chi connectivity index (χ3n) is 4.12. The van der Waals surface area contributed by atoms with E-state index < -0.39 is 11.0 Å². The Labute approximate surface area is 158 Å². The van der Waals surface area contributed by atoms with Crippen LogP contribution in [0.15, 0.2) is 61.2 Å². The predicted molar refractivity (Wildman–Crippen MR) is 105 cm³/mol. The van der Waals surface area contributed by atoms with Crippen LogP contribution < -0.4 is 10.1 Å². The van der Waals surface area contributed by atoms with Crippen molar-refractivity contribution < 1.29 is 14.5 Å². The highest BCUT2D eigenvalue weighted by molar-refractivity contribution is 5.96. The fourth-order valence-corrected chi connectivity index (χ4v) is 2.45. The molecule has 0 aliphatic carbocycles. The third kappa shape index (κ3) is 5.65. The Kier molecular flexibility index (Phi) is 7.08. The number of likely N-dealkylation sites (N-methyl/N-ethyl adjacent to an activating group) is 1. The molecule has 0 unspecified atom stereocenters. The molecular formula is C20H23N3O4. The van der Waals surface area contributed by atoms with Gasteiger partial charge in [0.2, 0.25) is 5.91 Å². The lowest BCUT2D eigenvalue weighted by molar-refractivity contribution is -0.383. The second kappa shape index (κ2) is 9.49. The Morgan fingerprint density at radius 2 is 1.96 bits per heavy atom. The molecule has 7 heteroatoms. The smallest absolute Gasteiger partial charge is 0.292 e.